The molecule has 2 amide bonds. The highest BCUT2D eigenvalue weighted by molar-refractivity contribution is 6.35. The maximum absolute atomic E-state index is 12.4. The summed E-state index contributed by atoms with van der Waals surface area (Å²) in [7, 11) is 2.05. The Bertz CT molecular complexity index is 630. The van der Waals surface area contributed by atoms with Crippen molar-refractivity contribution in [3.8, 4) is 0 Å². The van der Waals surface area contributed by atoms with Gasteiger partial charge in [-0.1, -0.05) is 23.2 Å². The van der Waals surface area contributed by atoms with Crippen molar-refractivity contribution < 1.29 is 9.59 Å². The minimum atomic E-state index is -0.266. The maximum atomic E-state index is 12.4. The predicted octanol–water partition coefficient (Wildman–Crippen LogP) is 2.34. The van der Waals surface area contributed by atoms with Crippen LogP contribution in [0.15, 0.2) is 18.2 Å². The van der Waals surface area contributed by atoms with Gasteiger partial charge in [0.25, 0.3) is 0 Å². The van der Waals surface area contributed by atoms with E-state index in [4.69, 9.17) is 23.2 Å². The molecule has 23 heavy (non-hydrogen) atoms. The highest BCUT2D eigenvalue weighted by Crippen LogP contribution is 2.41. The Kier molecular flexibility index (Phi) is 4.80. The molecule has 1 saturated carbocycles. The fourth-order valence-electron chi connectivity index (χ4n) is 2.84. The number of nitrogens with one attached hydrogen (secondary N) is 1. The van der Waals surface area contributed by atoms with Crippen LogP contribution in [0.25, 0.3) is 0 Å². The van der Waals surface area contributed by atoms with Crippen molar-refractivity contribution in [1.82, 2.24) is 9.80 Å². The van der Waals surface area contributed by atoms with E-state index in [0.29, 0.717) is 22.2 Å². The molecule has 2 aliphatic rings. The van der Waals surface area contributed by atoms with Crippen LogP contribution in [0.4, 0.5) is 5.69 Å². The largest absolute Gasteiger partial charge is 0.340 e. The first kappa shape index (κ1) is 16.6. The van der Waals surface area contributed by atoms with E-state index < -0.39 is 0 Å². The maximum Gasteiger partial charge on any atom is 0.228 e. The van der Waals surface area contributed by atoms with E-state index in [9.17, 15) is 9.59 Å². The van der Waals surface area contributed by atoms with Crippen molar-refractivity contribution in [3.05, 3.63) is 28.2 Å². The SMILES string of the molecule is CN1CCN(C(=O)C2CC2C(=O)Nc2cc(Cl)ccc2Cl)CC1. The Balaban J connectivity index is 1.56. The molecule has 1 saturated heterocycles. The van der Waals surface area contributed by atoms with Gasteiger partial charge in [0.2, 0.25) is 11.8 Å². The molecule has 3 rings (SSSR count). The Labute approximate surface area is 145 Å². The third kappa shape index (κ3) is 3.79. The van der Waals surface area contributed by atoms with Gasteiger partial charge in [0.05, 0.1) is 22.5 Å². The normalized spacial score (nSPS) is 24.4. The van der Waals surface area contributed by atoms with E-state index in [1.807, 2.05) is 11.9 Å². The predicted molar refractivity (Wildman–Crippen MR) is 90.8 cm³/mol. The Morgan fingerprint density at radius 3 is 2.52 bits per heavy atom. The highest BCUT2D eigenvalue weighted by atomic mass is 35.5. The molecule has 124 valence electrons. The Hall–Kier alpha value is -1.30. The van der Waals surface area contributed by atoms with Crippen LogP contribution in [-0.4, -0.2) is 54.8 Å². The van der Waals surface area contributed by atoms with Crippen molar-refractivity contribution in [3.63, 3.8) is 0 Å². The third-order valence-corrected chi connectivity index (χ3v) is 5.01. The first-order valence-electron chi connectivity index (χ1n) is 7.69. The number of likely N-dealkylation sites (N-methyl/N-ethyl adjacent to an activating group) is 1. The smallest absolute Gasteiger partial charge is 0.228 e. The van der Waals surface area contributed by atoms with Crippen LogP contribution < -0.4 is 5.32 Å². The Morgan fingerprint density at radius 1 is 1.13 bits per heavy atom. The van der Waals surface area contributed by atoms with Gasteiger partial charge in [-0.05, 0) is 31.7 Å². The average molecular weight is 356 g/mol. The lowest BCUT2D eigenvalue weighted by Gasteiger charge is -2.32. The molecule has 0 radical (unpaired) electrons. The molecule has 0 spiro atoms. The fourth-order valence-corrected chi connectivity index (χ4v) is 3.17. The zero-order chi connectivity index (χ0) is 16.6. The summed E-state index contributed by atoms with van der Waals surface area (Å²) in [6.07, 6.45) is 0.606. The average Bonchev–Trinajstić information content (AvgIpc) is 3.31. The van der Waals surface area contributed by atoms with Crippen LogP contribution in [-0.2, 0) is 9.59 Å². The molecule has 1 aliphatic carbocycles. The van der Waals surface area contributed by atoms with Gasteiger partial charge in [-0.3, -0.25) is 9.59 Å². The molecular formula is C16H19Cl2N3O2. The molecule has 1 aromatic rings. The lowest BCUT2D eigenvalue weighted by molar-refractivity contribution is -0.135. The van der Waals surface area contributed by atoms with Crippen molar-refractivity contribution in [1.29, 1.82) is 0 Å². The summed E-state index contributed by atoms with van der Waals surface area (Å²) in [5, 5.41) is 3.71. The summed E-state index contributed by atoms with van der Waals surface area (Å²) in [5.41, 5.74) is 0.488. The number of amides is 2. The van der Waals surface area contributed by atoms with Crippen LogP contribution in [0, 0.1) is 11.8 Å². The van der Waals surface area contributed by atoms with Gasteiger partial charge < -0.3 is 15.1 Å². The van der Waals surface area contributed by atoms with Gasteiger partial charge in [0, 0.05) is 31.2 Å². The van der Waals surface area contributed by atoms with Gasteiger partial charge in [-0.25, -0.2) is 0 Å². The second-order valence-corrected chi connectivity index (χ2v) is 7.03. The molecule has 0 bridgehead atoms. The molecule has 2 fully saturated rings. The number of piperazine rings is 1. The number of benzene rings is 1. The molecule has 5 nitrogen and oxygen atoms in total. The molecule has 0 aromatic heterocycles. The molecule has 2 atom stereocenters. The van der Waals surface area contributed by atoms with Crippen LogP contribution in [0.5, 0.6) is 0 Å². The molecule has 1 N–H and O–H groups in total. The summed E-state index contributed by atoms with van der Waals surface area (Å²) in [5.74, 6) is -0.536. The van der Waals surface area contributed by atoms with Gasteiger partial charge in [-0.2, -0.15) is 0 Å². The van der Waals surface area contributed by atoms with E-state index in [1.165, 1.54) is 0 Å². The Morgan fingerprint density at radius 2 is 1.83 bits per heavy atom. The van der Waals surface area contributed by atoms with Crippen molar-refractivity contribution >= 4 is 40.7 Å². The number of anilines is 1. The lowest BCUT2D eigenvalue weighted by atomic mass is 10.2. The summed E-state index contributed by atoms with van der Waals surface area (Å²) < 4.78 is 0. The highest BCUT2D eigenvalue weighted by Gasteiger charge is 2.49. The number of nitrogens with zero attached hydrogens (tertiary/aromatic N) is 2. The summed E-state index contributed by atoms with van der Waals surface area (Å²) in [6.45, 7) is 3.24. The number of rotatable bonds is 3. The van der Waals surface area contributed by atoms with Crippen LogP contribution in [0.3, 0.4) is 0 Å². The monoisotopic (exact) mass is 355 g/mol. The van der Waals surface area contributed by atoms with Crippen molar-refractivity contribution in [2.75, 3.05) is 38.5 Å². The molecule has 7 heteroatoms. The first-order chi connectivity index (χ1) is 11.0. The van der Waals surface area contributed by atoms with Crippen LogP contribution in [0.2, 0.25) is 10.0 Å². The van der Waals surface area contributed by atoms with E-state index >= 15 is 0 Å². The molecular weight excluding hydrogens is 337 g/mol. The van der Waals surface area contributed by atoms with Gasteiger partial charge in [-0.15, -0.1) is 0 Å². The molecule has 1 heterocycles. The topological polar surface area (TPSA) is 52.7 Å². The zero-order valence-electron chi connectivity index (χ0n) is 12.9. The summed E-state index contributed by atoms with van der Waals surface area (Å²) >= 11 is 12.0. The fraction of sp³-hybridized carbons (Fsp3) is 0.500. The second-order valence-electron chi connectivity index (χ2n) is 6.19. The van der Waals surface area contributed by atoms with Crippen LogP contribution >= 0.6 is 23.2 Å². The van der Waals surface area contributed by atoms with E-state index in [-0.39, 0.29) is 23.7 Å². The molecule has 1 aliphatic heterocycles. The lowest BCUT2D eigenvalue weighted by Crippen LogP contribution is -2.48. The minimum Gasteiger partial charge on any atom is -0.340 e. The number of halogens is 2. The zero-order valence-corrected chi connectivity index (χ0v) is 14.4. The number of carbonyl (C=O) groups excluding carboxylic acids is 2. The first-order valence-corrected chi connectivity index (χ1v) is 8.44. The van der Waals surface area contributed by atoms with Gasteiger partial charge >= 0.3 is 0 Å². The van der Waals surface area contributed by atoms with Crippen molar-refractivity contribution in [2.45, 2.75) is 6.42 Å². The third-order valence-electron chi connectivity index (χ3n) is 4.45. The van der Waals surface area contributed by atoms with E-state index in [1.54, 1.807) is 18.2 Å². The van der Waals surface area contributed by atoms with E-state index in [0.717, 1.165) is 26.2 Å². The summed E-state index contributed by atoms with van der Waals surface area (Å²) in [4.78, 5) is 28.8. The molecule has 1 aromatic carbocycles. The summed E-state index contributed by atoms with van der Waals surface area (Å²) in [6, 6.07) is 4.91. The van der Waals surface area contributed by atoms with Gasteiger partial charge in [0.15, 0.2) is 0 Å². The second kappa shape index (κ2) is 6.67. The number of hydrogen-bond donors (Lipinski definition) is 1. The van der Waals surface area contributed by atoms with Crippen molar-refractivity contribution in [2.24, 2.45) is 11.8 Å². The molecule has 2 unspecified atom stereocenters. The standard InChI is InChI=1S/C16H19Cl2N3O2/c1-20-4-6-21(7-5-20)16(23)12-9-11(12)15(22)19-14-8-10(17)2-3-13(14)18/h2-3,8,11-12H,4-7,9H2,1H3,(H,19,22). The minimum absolute atomic E-state index is 0.0930. The number of hydrogen-bond acceptors (Lipinski definition) is 3. The number of carbonyl (C=O) groups is 2. The van der Waals surface area contributed by atoms with Gasteiger partial charge in [0.1, 0.15) is 0 Å². The van der Waals surface area contributed by atoms with Crippen LogP contribution in [0.1, 0.15) is 6.42 Å². The van der Waals surface area contributed by atoms with E-state index in [2.05, 4.69) is 10.2 Å². The quantitative estimate of drug-likeness (QED) is 0.905.